The molecule has 2 N–H and O–H groups in total. The van der Waals surface area contributed by atoms with Gasteiger partial charge in [0.15, 0.2) is 10.8 Å². The number of aryl methyl sites for hydroxylation is 1. The lowest BCUT2D eigenvalue weighted by Gasteiger charge is -2.14. The topological polar surface area (TPSA) is 145 Å². The van der Waals surface area contributed by atoms with Crippen LogP contribution in [0.1, 0.15) is 24.9 Å². The lowest BCUT2D eigenvalue weighted by Crippen LogP contribution is -2.28. The number of thioether (sulfide) groups is 1. The molecule has 13 heteroatoms. The molecule has 2 aromatic carbocycles. The minimum Gasteiger partial charge on any atom is -0.326 e. The second kappa shape index (κ2) is 9.48. The second-order valence-corrected chi connectivity index (χ2v) is 11.3. The van der Waals surface area contributed by atoms with Crippen molar-refractivity contribution in [3.63, 3.8) is 0 Å². The number of rotatable bonds is 6. The zero-order valence-electron chi connectivity index (χ0n) is 19.8. The standard InChI is InChI=1S/C24H22N6O5S2/c1-14-3-7-17(8-4-14)30-22-20(12-25-30)23(33)29-18(13-36-24(29)27-22)11-21(32)26-16-5-9-19(10-6-16)37(34,35)28-15(2)31/h3-10,12,18H,11,13H2,1-2H3,(H,26,32)(H,28,31). The Morgan fingerprint density at radius 3 is 2.49 bits per heavy atom. The van der Waals surface area contributed by atoms with Gasteiger partial charge in [-0.3, -0.25) is 19.0 Å². The summed E-state index contributed by atoms with van der Waals surface area (Å²) in [5, 5.41) is 7.98. The van der Waals surface area contributed by atoms with E-state index in [2.05, 4.69) is 15.4 Å². The summed E-state index contributed by atoms with van der Waals surface area (Å²) in [6.45, 7) is 3.09. The Balaban J connectivity index is 1.34. The Bertz CT molecular complexity index is 1690. The molecule has 37 heavy (non-hydrogen) atoms. The smallest absolute Gasteiger partial charge is 0.265 e. The van der Waals surface area contributed by atoms with E-state index in [1.54, 1.807) is 4.68 Å². The van der Waals surface area contributed by atoms with Crippen LogP contribution in [-0.4, -0.2) is 45.3 Å². The summed E-state index contributed by atoms with van der Waals surface area (Å²) in [6, 6.07) is 12.8. The predicted molar refractivity (Wildman–Crippen MR) is 138 cm³/mol. The maximum Gasteiger partial charge on any atom is 0.265 e. The highest BCUT2D eigenvalue weighted by atomic mass is 32.2. The zero-order valence-corrected chi connectivity index (χ0v) is 21.5. The summed E-state index contributed by atoms with van der Waals surface area (Å²) in [4.78, 5) is 41.7. The molecule has 0 spiro atoms. The molecule has 5 rings (SSSR count). The van der Waals surface area contributed by atoms with Crippen molar-refractivity contribution in [2.45, 2.75) is 36.4 Å². The van der Waals surface area contributed by atoms with Gasteiger partial charge in [0.25, 0.3) is 15.6 Å². The van der Waals surface area contributed by atoms with Crippen LogP contribution in [0.25, 0.3) is 16.7 Å². The fraction of sp³-hybridized carbons (Fsp3) is 0.208. The number of hydrogen-bond acceptors (Lipinski definition) is 8. The van der Waals surface area contributed by atoms with Crippen LogP contribution in [0.15, 0.2) is 69.6 Å². The van der Waals surface area contributed by atoms with E-state index in [1.165, 1.54) is 46.8 Å². The van der Waals surface area contributed by atoms with Crippen LogP contribution in [0, 0.1) is 6.92 Å². The van der Waals surface area contributed by atoms with Crippen LogP contribution in [0.4, 0.5) is 5.69 Å². The van der Waals surface area contributed by atoms with Gasteiger partial charge < -0.3 is 5.32 Å². The van der Waals surface area contributed by atoms with E-state index in [-0.39, 0.29) is 22.8 Å². The number of anilines is 1. The molecule has 0 aliphatic carbocycles. The lowest BCUT2D eigenvalue weighted by molar-refractivity contribution is -0.117. The molecule has 2 aromatic heterocycles. The monoisotopic (exact) mass is 538 g/mol. The zero-order chi connectivity index (χ0) is 26.3. The van der Waals surface area contributed by atoms with Crippen molar-refractivity contribution in [2.24, 2.45) is 0 Å². The van der Waals surface area contributed by atoms with Crippen LogP contribution in [0.3, 0.4) is 0 Å². The van der Waals surface area contributed by atoms with E-state index in [4.69, 9.17) is 0 Å². The molecule has 190 valence electrons. The molecule has 11 nitrogen and oxygen atoms in total. The number of amides is 2. The van der Waals surface area contributed by atoms with Crippen LogP contribution in [0.2, 0.25) is 0 Å². The highest BCUT2D eigenvalue weighted by molar-refractivity contribution is 7.99. The fourth-order valence-electron chi connectivity index (χ4n) is 4.05. The number of fused-ring (bicyclic) bond motifs is 2. The molecule has 0 saturated heterocycles. The number of nitrogens with one attached hydrogen (secondary N) is 2. The molecule has 1 aliphatic heterocycles. The summed E-state index contributed by atoms with van der Waals surface area (Å²) in [7, 11) is -3.96. The highest BCUT2D eigenvalue weighted by Crippen LogP contribution is 2.33. The molecule has 0 fully saturated rings. The van der Waals surface area contributed by atoms with Gasteiger partial charge in [0, 0.05) is 24.8 Å². The summed E-state index contributed by atoms with van der Waals surface area (Å²) in [5.41, 5.74) is 2.50. The van der Waals surface area contributed by atoms with Crippen molar-refractivity contribution < 1.29 is 18.0 Å². The first-order chi connectivity index (χ1) is 17.6. The van der Waals surface area contributed by atoms with Gasteiger partial charge in [-0.2, -0.15) is 5.10 Å². The van der Waals surface area contributed by atoms with Gasteiger partial charge in [0.05, 0.1) is 22.8 Å². The number of sulfonamides is 1. The molecule has 1 aliphatic rings. The average Bonchev–Trinajstić information content (AvgIpc) is 3.44. The Morgan fingerprint density at radius 2 is 1.81 bits per heavy atom. The molecule has 1 atom stereocenters. The number of benzene rings is 2. The highest BCUT2D eigenvalue weighted by Gasteiger charge is 2.29. The predicted octanol–water partition coefficient (Wildman–Crippen LogP) is 2.39. The summed E-state index contributed by atoms with van der Waals surface area (Å²) in [6.07, 6.45) is 1.53. The van der Waals surface area contributed by atoms with Gasteiger partial charge in [-0.25, -0.2) is 22.8 Å². The SMILES string of the molecule is CC(=O)NS(=O)(=O)c1ccc(NC(=O)CC2CSc3nc4c(cnn4-c4ccc(C)cc4)c(=O)n32)cc1. The Labute approximate surface area is 216 Å². The van der Waals surface area contributed by atoms with E-state index >= 15 is 0 Å². The molecule has 3 heterocycles. The van der Waals surface area contributed by atoms with Gasteiger partial charge in [0.1, 0.15) is 5.39 Å². The van der Waals surface area contributed by atoms with Gasteiger partial charge in [-0.05, 0) is 43.3 Å². The van der Waals surface area contributed by atoms with E-state index in [0.29, 0.717) is 27.6 Å². The number of carbonyl (C=O) groups is 2. The molecule has 2 amide bonds. The molecule has 4 aromatic rings. The minimum atomic E-state index is -3.96. The van der Waals surface area contributed by atoms with E-state index in [9.17, 15) is 22.8 Å². The first-order valence-corrected chi connectivity index (χ1v) is 13.7. The maximum atomic E-state index is 13.3. The quantitative estimate of drug-likeness (QED) is 0.356. The number of aromatic nitrogens is 4. The number of nitrogens with zero attached hydrogens (tertiary/aromatic N) is 4. The summed E-state index contributed by atoms with van der Waals surface area (Å²) >= 11 is 1.40. The first-order valence-electron chi connectivity index (χ1n) is 11.3. The average molecular weight is 539 g/mol. The van der Waals surface area contributed by atoms with E-state index in [1.807, 2.05) is 35.9 Å². The van der Waals surface area contributed by atoms with Gasteiger partial charge in [-0.15, -0.1) is 0 Å². The van der Waals surface area contributed by atoms with Crippen LogP contribution in [-0.2, 0) is 19.6 Å². The van der Waals surface area contributed by atoms with E-state index < -0.39 is 22.0 Å². The molecule has 0 radical (unpaired) electrons. The maximum absolute atomic E-state index is 13.3. The summed E-state index contributed by atoms with van der Waals surface area (Å²) < 4.78 is 29.2. The van der Waals surface area contributed by atoms with Crippen molar-refractivity contribution in [3.05, 3.63) is 70.6 Å². The van der Waals surface area contributed by atoms with Crippen molar-refractivity contribution in [3.8, 4) is 5.69 Å². The third-order valence-electron chi connectivity index (χ3n) is 5.80. The largest absolute Gasteiger partial charge is 0.326 e. The first kappa shape index (κ1) is 24.7. The lowest BCUT2D eigenvalue weighted by atomic mass is 10.2. The van der Waals surface area contributed by atoms with Crippen molar-refractivity contribution in [1.29, 1.82) is 0 Å². The van der Waals surface area contributed by atoms with Gasteiger partial charge in [-0.1, -0.05) is 29.5 Å². The third-order valence-corrected chi connectivity index (χ3v) is 8.34. The van der Waals surface area contributed by atoms with Gasteiger partial charge >= 0.3 is 0 Å². The van der Waals surface area contributed by atoms with Crippen molar-refractivity contribution in [2.75, 3.05) is 11.1 Å². The molecule has 1 unspecified atom stereocenters. The van der Waals surface area contributed by atoms with E-state index in [0.717, 1.165) is 18.2 Å². The summed E-state index contributed by atoms with van der Waals surface area (Å²) in [5.74, 6) is -0.524. The normalized spacial score (nSPS) is 14.9. The Kier molecular flexibility index (Phi) is 6.33. The molecule has 0 saturated carbocycles. The van der Waals surface area contributed by atoms with Crippen LogP contribution >= 0.6 is 11.8 Å². The molecular formula is C24H22N6O5S2. The fourth-order valence-corrected chi connectivity index (χ4v) is 6.17. The molecule has 0 bridgehead atoms. The van der Waals surface area contributed by atoms with Crippen LogP contribution < -0.4 is 15.6 Å². The van der Waals surface area contributed by atoms with Crippen LogP contribution in [0.5, 0.6) is 0 Å². The van der Waals surface area contributed by atoms with Crippen molar-refractivity contribution >= 4 is 50.3 Å². The second-order valence-electron chi connectivity index (χ2n) is 8.60. The molecular weight excluding hydrogens is 516 g/mol. The minimum absolute atomic E-state index is 0.0329. The van der Waals surface area contributed by atoms with Crippen molar-refractivity contribution in [1.82, 2.24) is 24.1 Å². The number of carbonyl (C=O) groups excluding carboxylic acids is 2. The van der Waals surface area contributed by atoms with Gasteiger partial charge in [0.2, 0.25) is 11.8 Å². The third kappa shape index (κ3) is 4.87. The number of hydrogen-bond donors (Lipinski definition) is 2. The Morgan fingerprint density at radius 1 is 1.11 bits per heavy atom. The Hall–Kier alpha value is -3.97.